The third-order valence-electron chi connectivity index (χ3n) is 1.96. The van der Waals surface area contributed by atoms with Gasteiger partial charge in [0, 0.05) is 0 Å². The van der Waals surface area contributed by atoms with Crippen molar-refractivity contribution in [1.29, 1.82) is 0 Å². The van der Waals surface area contributed by atoms with Crippen molar-refractivity contribution in [2.45, 2.75) is 11.8 Å². The molecule has 3 nitrogen and oxygen atoms in total. The minimum Gasteiger partial charge on any atom is -0.282 e. The fourth-order valence-electron chi connectivity index (χ4n) is 1.25. The summed E-state index contributed by atoms with van der Waals surface area (Å²) < 4.78 is 30.7. The zero-order chi connectivity index (χ0) is 11.5. The van der Waals surface area contributed by atoms with Gasteiger partial charge < -0.3 is 0 Å². The van der Waals surface area contributed by atoms with Gasteiger partial charge >= 0.3 is 0 Å². The van der Waals surface area contributed by atoms with Gasteiger partial charge in [-0.15, -0.1) is 0 Å². The molecule has 1 N–H and O–H groups in total. The van der Waals surface area contributed by atoms with E-state index in [4.69, 9.17) is 4.55 Å². The Bertz CT molecular complexity index is 583. The Balaban J connectivity index is 3.64. The lowest BCUT2D eigenvalue weighted by atomic mass is 10.2. The van der Waals surface area contributed by atoms with Gasteiger partial charge in [0.25, 0.3) is 10.1 Å². The van der Waals surface area contributed by atoms with Crippen molar-refractivity contribution in [1.82, 2.24) is 0 Å². The topological polar surface area (TPSA) is 54.4 Å². The molecule has 4 heteroatoms. The van der Waals surface area contributed by atoms with Crippen molar-refractivity contribution in [2.75, 3.05) is 0 Å². The molecule has 0 atom stereocenters. The molecule has 15 heavy (non-hydrogen) atoms. The standard InChI is InChI=1S/C11H12O3S/c1-3-5-10-8-11(15(12,13)14)7-6-9(10)4-2/h3-8H,1H2,2H3,(H,12,13,14)/b9-4-,10-5-. The maximum absolute atomic E-state index is 10.9. The highest BCUT2D eigenvalue weighted by Crippen LogP contribution is 2.01. The minimum absolute atomic E-state index is 0.110. The molecule has 0 aromatic heterocycles. The van der Waals surface area contributed by atoms with Crippen molar-refractivity contribution >= 4 is 22.3 Å². The number of benzene rings is 1. The van der Waals surface area contributed by atoms with Crippen LogP contribution >= 0.6 is 0 Å². The molecular formula is C11H12O3S. The number of hydrogen-bond donors (Lipinski definition) is 1. The Morgan fingerprint density at radius 2 is 2.00 bits per heavy atom. The Morgan fingerprint density at radius 1 is 1.33 bits per heavy atom. The smallest absolute Gasteiger partial charge is 0.282 e. The van der Waals surface area contributed by atoms with Gasteiger partial charge in [-0.05, 0) is 29.5 Å². The molecule has 0 aliphatic heterocycles. The van der Waals surface area contributed by atoms with E-state index in [2.05, 4.69) is 6.58 Å². The lowest BCUT2D eigenvalue weighted by Crippen LogP contribution is -2.24. The van der Waals surface area contributed by atoms with Gasteiger partial charge in [0.15, 0.2) is 0 Å². The molecule has 0 unspecified atom stereocenters. The normalized spacial score (nSPS) is 14.3. The molecule has 0 bridgehead atoms. The van der Waals surface area contributed by atoms with E-state index in [1.165, 1.54) is 12.1 Å². The largest absolute Gasteiger partial charge is 0.294 e. The summed E-state index contributed by atoms with van der Waals surface area (Å²) in [4.78, 5) is -0.110. The molecule has 0 aliphatic carbocycles. The van der Waals surface area contributed by atoms with E-state index in [-0.39, 0.29) is 4.90 Å². The molecule has 0 spiro atoms. The fraction of sp³-hybridized carbons (Fsp3) is 0.0909. The van der Waals surface area contributed by atoms with E-state index < -0.39 is 10.1 Å². The fourth-order valence-corrected chi connectivity index (χ4v) is 1.76. The molecule has 0 radical (unpaired) electrons. The van der Waals surface area contributed by atoms with Crippen LogP contribution in [0.3, 0.4) is 0 Å². The molecule has 1 aromatic carbocycles. The highest BCUT2D eigenvalue weighted by Gasteiger charge is 2.07. The number of allylic oxidation sites excluding steroid dienone is 1. The first-order valence-corrected chi connectivity index (χ1v) is 5.79. The van der Waals surface area contributed by atoms with Gasteiger partial charge in [-0.2, -0.15) is 8.42 Å². The molecule has 0 fully saturated rings. The van der Waals surface area contributed by atoms with Crippen LogP contribution in [0.15, 0.2) is 35.7 Å². The van der Waals surface area contributed by atoms with E-state index >= 15 is 0 Å². The molecule has 1 rings (SSSR count). The summed E-state index contributed by atoms with van der Waals surface area (Å²) in [5, 5.41) is 1.60. The summed E-state index contributed by atoms with van der Waals surface area (Å²) in [5.41, 5.74) is 0. The average molecular weight is 224 g/mol. The van der Waals surface area contributed by atoms with Crippen molar-refractivity contribution in [2.24, 2.45) is 0 Å². The lowest BCUT2D eigenvalue weighted by molar-refractivity contribution is 0.483. The monoisotopic (exact) mass is 224 g/mol. The van der Waals surface area contributed by atoms with Gasteiger partial charge in [-0.1, -0.05) is 30.9 Å². The number of rotatable bonds is 2. The number of hydrogen-bond acceptors (Lipinski definition) is 2. The lowest BCUT2D eigenvalue weighted by Gasteiger charge is -1.96. The van der Waals surface area contributed by atoms with Gasteiger partial charge in [0.2, 0.25) is 0 Å². The SMILES string of the molecule is C=C/C=c1/cc(S(=O)(=O)O)cc/c1=C/C. The van der Waals surface area contributed by atoms with Crippen molar-refractivity contribution in [3.05, 3.63) is 41.3 Å². The van der Waals surface area contributed by atoms with Gasteiger partial charge in [0.05, 0.1) is 4.90 Å². The van der Waals surface area contributed by atoms with E-state index in [0.717, 1.165) is 5.22 Å². The molecule has 0 saturated heterocycles. The summed E-state index contributed by atoms with van der Waals surface area (Å²) >= 11 is 0. The van der Waals surface area contributed by atoms with E-state index in [1.54, 1.807) is 18.2 Å². The van der Waals surface area contributed by atoms with Crippen LogP contribution in [-0.4, -0.2) is 13.0 Å². The zero-order valence-corrected chi connectivity index (χ0v) is 9.16. The first-order valence-electron chi connectivity index (χ1n) is 4.35. The molecule has 0 heterocycles. The van der Waals surface area contributed by atoms with Crippen LogP contribution in [0.25, 0.3) is 12.2 Å². The maximum atomic E-state index is 10.9. The van der Waals surface area contributed by atoms with Crippen LogP contribution in [0.5, 0.6) is 0 Å². The highest BCUT2D eigenvalue weighted by molar-refractivity contribution is 7.85. The Morgan fingerprint density at radius 3 is 2.47 bits per heavy atom. The predicted octanol–water partition coefficient (Wildman–Crippen LogP) is 0.700. The average Bonchev–Trinajstić information content (AvgIpc) is 2.17. The van der Waals surface area contributed by atoms with Gasteiger partial charge in [0.1, 0.15) is 0 Å². The third-order valence-corrected chi connectivity index (χ3v) is 2.81. The van der Waals surface area contributed by atoms with E-state index in [9.17, 15) is 8.42 Å². The summed E-state index contributed by atoms with van der Waals surface area (Å²) in [6, 6.07) is 4.41. The molecule has 0 saturated carbocycles. The molecular weight excluding hydrogens is 212 g/mol. The Hall–Kier alpha value is -1.39. The van der Waals surface area contributed by atoms with Crippen molar-refractivity contribution < 1.29 is 13.0 Å². The molecule has 0 amide bonds. The second-order valence-electron chi connectivity index (χ2n) is 2.96. The first kappa shape index (κ1) is 11.7. The van der Waals surface area contributed by atoms with Crippen LogP contribution in [0.2, 0.25) is 0 Å². The quantitative estimate of drug-likeness (QED) is 0.752. The van der Waals surface area contributed by atoms with Crippen LogP contribution in [0.4, 0.5) is 0 Å². The zero-order valence-electron chi connectivity index (χ0n) is 8.34. The molecule has 1 aromatic rings. The highest BCUT2D eigenvalue weighted by atomic mass is 32.2. The van der Waals surface area contributed by atoms with E-state index in [1.807, 2.05) is 13.0 Å². The Kier molecular flexibility index (Phi) is 3.44. The first-order chi connectivity index (χ1) is 6.99. The van der Waals surface area contributed by atoms with Crippen LogP contribution < -0.4 is 10.4 Å². The summed E-state index contributed by atoms with van der Waals surface area (Å²) in [6.45, 7) is 5.39. The summed E-state index contributed by atoms with van der Waals surface area (Å²) in [5.74, 6) is 0. The third kappa shape index (κ3) is 2.78. The van der Waals surface area contributed by atoms with Crippen molar-refractivity contribution in [3.8, 4) is 0 Å². The second kappa shape index (κ2) is 4.42. The summed E-state index contributed by atoms with van der Waals surface area (Å²) in [7, 11) is -4.14. The minimum atomic E-state index is -4.14. The molecule has 0 aliphatic rings. The van der Waals surface area contributed by atoms with Crippen molar-refractivity contribution in [3.63, 3.8) is 0 Å². The van der Waals surface area contributed by atoms with Crippen LogP contribution in [0.1, 0.15) is 6.92 Å². The second-order valence-corrected chi connectivity index (χ2v) is 4.38. The predicted molar refractivity (Wildman–Crippen MR) is 60.3 cm³/mol. The molecule has 80 valence electrons. The van der Waals surface area contributed by atoms with E-state index in [0.29, 0.717) is 5.22 Å². The maximum Gasteiger partial charge on any atom is 0.294 e. The Labute approximate surface area is 88.8 Å². The van der Waals surface area contributed by atoms with Gasteiger partial charge in [-0.25, -0.2) is 0 Å². The van der Waals surface area contributed by atoms with Gasteiger partial charge in [-0.3, -0.25) is 4.55 Å². The van der Waals surface area contributed by atoms with Crippen LogP contribution in [0, 0.1) is 0 Å². The van der Waals surface area contributed by atoms with Crippen LogP contribution in [-0.2, 0) is 10.1 Å². The summed E-state index contributed by atoms with van der Waals surface area (Å²) in [6.07, 6.45) is 5.10.